The van der Waals surface area contributed by atoms with Crippen molar-refractivity contribution < 1.29 is 14.3 Å². The lowest BCUT2D eigenvalue weighted by Gasteiger charge is -2.36. The average Bonchev–Trinajstić information content (AvgIpc) is 2.28. The molecule has 0 N–H and O–H groups in total. The fraction of sp³-hybridized carbons (Fsp3) is 0.846. The predicted molar refractivity (Wildman–Crippen MR) is 67.3 cm³/mol. The summed E-state index contributed by atoms with van der Waals surface area (Å²) in [5, 5.41) is 0. The molecular formula is C13H22N2O3. The van der Waals surface area contributed by atoms with Crippen molar-refractivity contribution in [3.63, 3.8) is 0 Å². The van der Waals surface area contributed by atoms with Crippen molar-refractivity contribution in [2.75, 3.05) is 32.7 Å². The van der Waals surface area contributed by atoms with Gasteiger partial charge < -0.3 is 9.64 Å². The molecule has 2 aliphatic rings. The highest BCUT2D eigenvalue weighted by atomic mass is 16.5. The number of rotatable bonds is 2. The van der Waals surface area contributed by atoms with Gasteiger partial charge in [-0.1, -0.05) is 0 Å². The van der Waals surface area contributed by atoms with Gasteiger partial charge in [-0.15, -0.1) is 0 Å². The summed E-state index contributed by atoms with van der Waals surface area (Å²) in [7, 11) is 0. The number of ether oxygens (including phenoxy) is 1. The number of morpholine rings is 1. The van der Waals surface area contributed by atoms with Gasteiger partial charge in [0, 0.05) is 39.0 Å². The number of ketones is 1. The number of piperidine rings is 1. The van der Waals surface area contributed by atoms with Gasteiger partial charge in [-0.3, -0.25) is 14.5 Å². The van der Waals surface area contributed by atoms with E-state index in [0.29, 0.717) is 32.5 Å². The van der Waals surface area contributed by atoms with Crippen molar-refractivity contribution in [2.24, 2.45) is 0 Å². The van der Waals surface area contributed by atoms with E-state index < -0.39 is 0 Å². The summed E-state index contributed by atoms with van der Waals surface area (Å²) >= 11 is 0. The van der Waals surface area contributed by atoms with E-state index in [1.54, 1.807) is 0 Å². The summed E-state index contributed by atoms with van der Waals surface area (Å²) in [6, 6.07) is 0. The van der Waals surface area contributed by atoms with Gasteiger partial charge in [0.2, 0.25) is 5.91 Å². The average molecular weight is 254 g/mol. The molecule has 0 saturated carbocycles. The first kappa shape index (κ1) is 13.5. The maximum atomic E-state index is 12.1. The van der Waals surface area contributed by atoms with Crippen molar-refractivity contribution >= 4 is 11.7 Å². The quantitative estimate of drug-likeness (QED) is 0.710. The lowest BCUT2D eigenvalue weighted by Crippen LogP contribution is -2.50. The number of hydrogen-bond donors (Lipinski definition) is 0. The SMILES string of the molecule is CC1CN(CC(=O)N2CCC(=O)CC2)CC(C)O1. The second-order valence-corrected chi connectivity index (χ2v) is 5.37. The monoisotopic (exact) mass is 254 g/mol. The second kappa shape index (κ2) is 5.80. The maximum absolute atomic E-state index is 12.1. The fourth-order valence-corrected chi connectivity index (χ4v) is 2.71. The number of carbonyl (C=O) groups excluding carboxylic acids is 2. The summed E-state index contributed by atoms with van der Waals surface area (Å²) in [6.07, 6.45) is 1.40. The van der Waals surface area contributed by atoms with Gasteiger partial charge >= 0.3 is 0 Å². The molecule has 0 aromatic carbocycles. The minimum Gasteiger partial charge on any atom is -0.373 e. The van der Waals surface area contributed by atoms with Gasteiger partial charge in [0.05, 0.1) is 18.8 Å². The van der Waals surface area contributed by atoms with Crippen molar-refractivity contribution in [2.45, 2.75) is 38.9 Å². The molecule has 0 aromatic heterocycles. The van der Waals surface area contributed by atoms with Crippen LogP contribution in [0.2, 0.25) is 0 Å². The van der Waals surface area contributed by atoms with Crippen LogP contribution in [0.3, 0.4) is 0 Å². The van der Waals surface area contributed by atoms with Crippen LogP contribution >= 0.6 is 0 Å². The van der Waals surface area contributed by atoms with Crippen LogP contribution in [-0.4, -0.2) is 66.4 Å². The Morgan fingerprint density at radius 2 is 1.78 bits per heavy atom. The molecule has 0 aromatic rings. The Labute approximate surface area is 108 Å². The number of Topliss-reactive ketones (excluding diaryl/α,β-unsaturated/α-hetero) is 1. The first-order valence-corrected chi connectivity index (χ1v) is 6.72. The largest absolute Gasteiger partial charge is 0.373 e. The van der Waals surface area contributed by atoms with Gasteiger partial charge in [0.15, 0.2) is 0 Å². The van der Waals surface area contributed by atoms with Crippen LogP contribution < -0.4 is 0 Å². The molecule has 2 fully saturated rings. The number of hydrogen-bond acceptors (Lipinski definition) is 4. The van der Waals surface area contributed by atoms with Gasteiger partial charge in [0.1, 0.15) is 5.78 Å². The standard InChI is InChI=1S/C13H22N2O3/c1-10-7-14(8-11(2)18-10)9-13(17)15-5-3-12(16)4-6-15/h10-11H,3-9H2,1-2H3. The summed E-state index contributed by atoms with van der Waals surface area (Å²) in [5.74, 6) is 0.413. The molecule has 0 aliphatic carbocycles. The molecule has 2 heterocycles. The Morgan fingerprint density at radius 1 is 1.22 bits per heavy atom. The lowest BCUT2D eigenvalue weighted by molar-refractivity contribution is -0.138. The number of likely N-dealkylation sites (tertiary alicyclic amines) is 1. The highest BCUT2D eigenvalue weighted by Crippen LogP contribution is 2.12. The zero-order chi connectivity index (χ0) is 13.1. The lowest BCUT2D eigenvalue weighted by atomic mass is 10.1. The highest BCUT2D eigenvalue weighted by Gasteiger charge is 2.27. The Kier molecular flexibility index (Phi) is 4.35. The fourth-order valence-electron chi connectivity index (χ4n) is 2.71. The smallest absolute Gasteiger partial charge is 0.236 e. The third-order valence-corrected chi connectivity index (χ3v) is 3.53. The molecule has 1 amide bonds. The van der Waals surface area contributed by atoms with Crippen LogP contribution in [0.5, 0.6) is 0 Å². The van der Waals surface area contributed by atoms with E-state index in [1.165, 1.54) is 0 Å². The van der Waals surface area contributed by atoms with Crippen molar-refractivity contribution in [3.05, 3.63) is 0 Å². The molecule has 0 bridgehead atoms. The molecule has 2 unspecified atom stereocenters. The minimum absolute atomic E-state index is 0.142. The van der Waals surface area contributed by atoms with Crippen LogP contribution in [0.4, 0.5) is 0 Å². The normalized spacial score (nSPS) is 30.6. The van der Waals surface area contributed by atoms with Crippen LogP contribution in [-0.2, 0) is 14.3 Å². The molecule has 5 heteroatoms. The highest BCUT2D eigenvalue weighted by molar-refractivity contribution is 5.84. The zero-order valence-corrected chi connectivity index (χ0v) is 11.2. The summed E-state index contributed by atoms with van der Waals surface area (Å²) in [4.78, 5) is 27.2. The zero-order valence-electron chi connectivity index (χ0n) is 11.2. The summed E-state index contributed by atoms with van der Waals surface area (Å²) in [5.41, 5.74) is 0. The molecule has 102 valence electrons. The van der Waals surface area contributed by atoms with Gasteiger partial charge in [-0.2, -0.15) is 0 Å². The van der Waals surface area contributed by atoms with E-state index >= 15 is 0 Å². The number of nitrogens with zero attached hydrogens (tertiary/aromatic N) is 2. The Hall–Kier alpha value is -0.940. The van der Waals surface area contributed by atoms with E-state index in [1.807, 2.05) is 18.7 Å². The van der Waals surface area contributed by atoms with E-state index in [4.69, 9.17) is 4.74 Å². The van der Waals surface area contributed by atoms with E-state index in [2.05, 4.69) is 4.90 Å². The Bertz CT molecular complexity index is 312. The summed E-state index contributed by atoms with van der Waals surface area (Å²) in [6.45, 7) is 7.32. The van der Waals surface area contributed by atoms with Gasteiger partial charge in [0.25, 0.3) is 0 Å². The molecular weight excluding hydrogens is 232 g/mol. The topological polar surface area (TPSA) is 49.9 Å². The van der Waals surface area contributed by atoms with Crippen LogP contribution in [0.1, 0.15) is 26.7 Å². The molecule has 2 atom stereocenters. The van der Waals surface area contributed by atoms with Gasteiger partial charge in [-0.05, 0) is 13.8 Å². The van der Waals surface area contributed by atoms with Crippen molar-refractivity contribution in [1.29, 1.82) is 0 Å². The van der Waals surface area contributed by atoms with E-state index in [-0.39, 0.29) is 23.9 Å². The molecule has 0 spiro atoms. The third kappa shape index (κ3) is 3.53. The molecule has 18 heavy (non-hydrogen) atoms. The van der Waals surface area contributed by atoms with Gasteiger partial charge in [-0.25, -0.2) is 0 Å². The first-order valence-electron chi connectivity index (χ1n) is 6.72. The molecule has 2 saturated heterocycles. The maximum Gasteiger partial charge on any atom is 0.236 e. The molecule has 0 radical (unpaired) electrons. The molecule has 5 nitrogen and oxygen atoms in total. The summed E-state index contributed by atoms with van der Waals surface area (Å²) < 4.78 is 5.65. The van der Waals surface area contributed by atoms with Crippen molar-refractivity contribution in [1.82, 2.24) is 9.80 Å². The van der Waals surface area contributed by atoms with Crippen molar-refractivity contribution in [3.8, 4) is 0 Å². The first-order chi connectivity index (χ1) is 8.54. The molecule has 2 rings (SSSR count). The Morgan fingerprint density at radius 3 is 2.33 bits per heavy atom. The van der Waals surface area contributed by atoms with E-state index in [0.717, 1.165) is 13.1 Å². The van der Waals surface area contributed by atoms with Crippen LogP contribution in [0, 0.1) is 0 Å². The molecule has 2 aliphatic heterocycles. The van der Waals surface area contributed by atoms with Crippen LogP contribution in [0.15, 0.2) is 0 Å². The third-order valence-electron chi connectivity index (χ3n) is 3.53. The number of amides is 1. The number of carbonyl (C=O) groups is 2. The van der Waals surface area contributed by atoms with E-state index in [9.17, 15) is 9.59 Å². The minimum atomic E-state index is 0.142. The van der Waals surface area contributed by atoms with Crippen LogP contribution in [0.25, 0.3) is 0 Å². The Balaban J connectivity index is 1.81. The predicted octanol–water partition coefficient (Wildman–Crippen LogP) is 0.287. The second-order valence-electron chi connectivity index (χ2n) is 5.37.